The van der Waals surface area contributed by atoms with Crippen LogP contribution < -0.4 is 0 Å². The van der Waals surface area contributed by atoms with Gasteiger partial charge in [-0.2, -0.15) is 0 Å². The monoisotopic (exact) mass is 226 g/mol. The van der Waals surface area contributed by atoms with Crippen molar-refractivity contribution in [3.63, 3.8) is 0 Å². The minimum absolute atomic E-state index is 0.382. The Balaban J connectivity index is 1.88. The van der Waals surface area contributed by atoms with Gasteiger partial charge in [0.05, 0.1) is 17.1 Å². The molecule has 0 saturated carbocycles. The molecule has 0 radical (unpaired) electrons. The van der Waals surface area contributed by atoms with Crippen LogP contribution in [0.25, 0.3) is 0 Å². The van der Waals surface area contributed by atoms with Gasteiger partial charge in [-0.25, -0.2) is 0 Å². The average molecular weight is 226 g/mol. The summed E-state index contributed by atoms with van der Waals surface area (Å²) in [5.41, 5.74) is 0. The molecule has 0 aliphatic heterocycles. The van der Waals surface area contributed by atoms with Crippen LogP contribution in [0.5, 0.6) is 0 Å². The summed E-state index contributed by atoms with van der Waals surface area (Å²) >= 11 is 3.37. The standard InChI is InChI=1S/C10H10O2S2/c1-8(13-9-4-2-6-11-9)14-10-5-3-7-12-10/h2-8H,1H3. The van der Waals surface area contributed by atoms with Gasteiger partial charge in [-0.1, -0.05) is 23.5 Å². The van der Waals surface area contributed by atoms with Crippen molar-refractivity contribution < 1.29 is 8.83 Å². The summed E-state index contributed by atoms with van der Waals surface area (Å²) in [5.74, 6) is 0. The predicted octanol–water partition coefficient (Wildman–Crippen LogP) is 4.10. The molecule has 0 aliphatic carbocycles. The predicted molar refractivity (Wildman–Crippen MR) is 58.6 cm³/mol. The Hall–Kier alpha value is -0.740. The van der Waals surface area contributed by atoms with Crippen molar-refractivity contribution in [2.75, 3.05) is 0 Å². The molecule has 0 aliphatic rings. The van der Waals surface area contributed by atoms with E-state index in [4.69, 9.17) is 8.83 Å². The van der Waals surface area contributed by atoms with E-state index in [0.29, 0.717) is 4.58 Å². The van der Waals surface area contributed by atoms with Gasteiger partial charge >= 0.3 is 0 Å². The smallest absolute Gasteiger partial charge is 0.161 e. The van der Waals surface area contributed by atoms with E-state index in [0.717, 1.165) is 10.2 Å². The first kappa shape index (κ1) is 9.80. The Morgan fingerprint density at radius 1 is 1.00 bits per heavy atom. The van der Waals surface area contributed by atoms with Gasteiger partial charge in [0, 0.05) is 0 Å². The third kappa shape index (κ3) is 2.62. The molecule has 2 heterocycles. The highest BCUT2D eigenvalue weighted by Crippen LogP contribution is 2.35. The fraction of sp³-hybridized carbons (Fsp3) is 0.200. The Labute approximate surface area is 91.1 Å². The zero-order chi connectivity index (χ0) is 9.80. The summed E-state index contributed by atoms with van der Waals surface area (Å²) in [5, 5.41) is 1.88. The molecule has 2 nitrogen and oxygen atoms in total. The summed E-state index contributed by atoms with van der Waals surface area (Å²) in [6, 6.07) is 7.72. The highest BCUT2D eigenvalue weighted by molar-refractivity contribution is 8.16. The summed E-state index contributed by atoms with van der Waals surface area (Å²) in [4.78, 5) is 0. The van der Waals surface area contributed by atoms with E-state index in [1.54, 1.807) is 36.1 Å². The molecule has 0 N–H and O–H groups in total. The van der Waals surface area contributed by atoms with Crippen molar-refractivity contribution in [1.82, 2.24) is 0 Å². The minimum atomic E-state index is 0.382. The molecule has 0 atom stereocenters. The molecule has 0 amide bonds. The van der Waals surface area contributed by atoms with Gasteiger partial charge in [-0.15, -0.1) is 0 Å². The first-order valence-corrected chi connectivity index (χ1v) is 6.01. The first-order valence-electron chi connectivity index (χ1n) is 4.25. The number of hydrogen-bond acceptors (Lipinski definition) is 4. The molecule has 14 heavy (non-hydrogen) atoms. The van der Waals surface area contributed by atoms with Crippen LogP contribution >= 0.6 is 23.5 Å². The maximum Gasteiger partial charge on any atom is 0.161 e. The van der Waals surface area contributed by atoms with Gasteiger partial charge in [0.1, 0.15) is 0 Å². The molecule has 0 fully saturated rings. The summed E-state index contributed by atoms with van der Waals surface area (Å²) in [6.45, 7) is 2.13. The van der Waals surface area contributed by atoms with Gasteiger partial charge in [0.2, 0.25) is 0 Å². The maximum absolute atomic E-state index is 5.24. The van der Waals surface area contributed by atoms with E-state index < -0.39 is 0 Å². The van der Waals surface area contributed by atoms with Crippen molar-refractivity contribution in [1.29, 1.82) is 0 Å². The largest absolute Gasteiger partial charge is 0.458 e. The number of thioether (sulfide) groups is 2. The van der Waals surface area contributed by atoms with Gasteiger partial charge < -0.3 is 8.83 Å². The second kappa shape index (κ2) is 4.66. The Kier molecular flexibility index (Phi) is 3.26. The second-order valence-electron chi connectivity index (χ2n) is 2.67. The van der Waals surface area contributed by atoms with Crippen molar-refractivity contribution in [3.05, 3.63) is 36.8 Å². The molecule has 74 valence electrons. The molecule has 2 rings (SSSR count). The lowest BCUT2D eigenvalue weighted by atomic mass is 10.7. The van der Waals surface area contributed by atoms with E-state index in [1.165, 1.54) is 0 Å². The third-order valence-electron chi connectivity index (χ3n) is 1.55. The van der Waals surface area contributed by atoms with Crippen molar-refractivity contribution in [3.8, 4) is 0 Å². The minimum Gasteiger partial charge on any atom is -0.458 e. The third-order valence-corrected chi connectivity index (χ3v) is 3.72. The molecule has 0 saturated heterocycles. The molecule has 0 aromatic carbocycles. The van der Waals surface area contributed by atoms with Crippen molar-refractivity contribution in [2.24, 2.45) is 0 Å². The molecule has 2 aromatic rings. The van der Waals surface area contributed by atoms with Crippen LogP contribution in [-0.4, -0.2) is 4.58 Å². The lowest BCUT2D eigenvalue weighted by Gasteiger charge is -2.05. The zero-order valence-electron chi connectivity index (χ0n) is 7.67. The van der Waals surface area contributed by atoms with Crippen LogP contribution in [0.1, 0.15) is 6.92 Å². The highest BCUT2D eigenvalue weighted by Gasteiger charge is 2.09. The van der Waals surface area contributed by atoms with Crippen molar-refractivity contribution in [2.45, 2.75) is 21.7 Å². The number of hydrogen-bond donors (Lipinski definition) is 0. The second-order valence-corrected chi connectivity index (χ2v) is 5.66. The van der Waals surface area contributed by atoms with Gasteiger partial charge in [-0.05, 0) is 31.2 Å². The molecule has 0 bridgehead atoms. The lowest BCUT2D eigenvalue weighted by Crippen LogP contribution is -1.86. The quantitative estimate of drug-likeness (QED) is 0.579. The van der Waals surface area contributed by atoms with Crippen LogP contribution in [0.15, 0.2) is 55.8 Å². The van der Waals surface area contributed by atoms with Crippen LogP contribution in [0, 0.1) is 0 Å². The molecule has 2 aromatic heterocycles. The Bertz CT molecular complexity index is 317. The van der Waals surface area contributed by atoms with E-state index in [1.807, 2.05) is 24.3 Å². The highest BCUT2D eigenvalue weighted by atomic mass is 32.2. The fourth-order valence-corrected chi connectivity index (χ4v) is 2.96. The average Bonchev–Trinajstić information content (AvgIpc) is 2.76. The molecular weight excluding hydrogens is 216 g/mol. The topological polar surface area (TPSA) is 26.3 Å². The van der Waals surface area contributed by atoms with E-state index in [2.05, 4.69) is 6.92 Å². The summed E-state index contributed by atoms with van der Waals surface area (Å²) < 4.78 is 10.9. The van der Waals surface area contributed by atoms with Gasteiger partial charge in [-0.3, -0.25) is 0 Å². The number of furan rings is 2. The van der Waals surface area contributed by atoms with Gasteiger partial charge in [0.15, 0.2) is 10.2 Å². The van der Waals surface area contributed by atoms with Crippen LogP contribution in [0.3, 0.4) is 0 Å². The first-order chi connectivity index (χ1) is 6.84. The SMILES string of the molecule is CC(Sc1ccco1)Sc1ccco1. The Morgan fingerprint density at radius 3 is 1.86 bits per heavy atom. The van der Waals surface area contributed by atoms with E-state index >= 15 is 0 Å². The van der Waals surface area contributed by atoms with Crippen molar-refractivity contribution >= 4 is 23.5 Å². The maximum atomic E-state index is 5.24. The van der Waals surface area contributed by atoms with E-state index in [9.17, 15) is 0 Å². The fourth-order valence-electron chi connectivity index (χ4n) is 1.01. The zero-order valence-corrected chi connectivity index (χ0v) is 9.31. The lowest BCUT2D eigenvalue weighted by molar-refractivity contribution is 0.472. The Morgan fingerprint density at radius 2 is 1.50 bits per heavy atom. The summed E-state index contributed by atoms with van der Waals surface area (Å²) in [7, 11) is 0. The van der Waals surface area contributed by atoms with Crippen LogP contribution in [-0.2, 0) is 0 Å². The molecule has 0 spiro atoms. The summed E-state index contributed by atoms with van der Waals surface area (Å²) in [6.07, 6.45) is 3.37. The number of rotatable bonds is 4. The van der Waals surface area contributed by atoms with E-state index in [-0.39, 0.29) is 0 Å². The van der Waals surface area contributed by atoms with Gasteiger partial charge in [0.25, 0.3) is 0 Å². The molecular formula is C10H10O2S2. The molecule has 4 heteroatoms. The van der Waals surface area contributed by atoms with Crippen LogP contribution in [0.4, 0.5) is 0 Å². The van der Waals surface area contributed by atoms with Crippen LogP contribution in [0.2, 0.25) is 0 Å². The molecule has 0 unspecified atom stereocenters. The normalized spacial score (nSPS) is 11.0.